The lowest BCUT2D eigenvalue weighted by molar-refractivity contribution is 0.176. The first kappa shape index (κ1) is 17.2. The molecule has 6 heteroatoms. The van der Waals surface area contributed by atoms with Crippen LogP contribution in [0.2, 0.25) is 0 Å². The zero-order chi connectivity index (χ0) is 13.2. The molecular weight excluding hydrogens is 284 g/mol. The molecule has 0 amide bonds. The van der Waals surface area contributed by atoms with Crippen LogP contribution in [-0.4, -0.2) is 44.2 Å². The van der Waals surface area contributed by atoms with Crippen LogP contribution in [0.1, 0.15) is 39.5 Å². The second-order valence-corrected chi connectivity index (χ2v) is 8.41. The highest BCUT2D eigenvalue weighted by molar-refractivity contribution is 7.89. The van der Waals surface area contributed by atoms with E-state index < -0.39 is 10.0 Å². The lowest BCUT2D eigenvalue weighted by atomic mass is 9.79. The second kappa shape index (κ2) is 7.25. The average Bonchev–Trinajstić information content (AvgIpc) is 2.40. The number of sulfonamides is 1. The first-order chi connectivity index (χ1) is 8.51. The highest BCUT2D eigenvalue weighted by Crippen LogP contribution is 2.31. The Morgan fingerprint density at radius 2 is 1.47 bits per heavy atom. The average molecular weight is 311 g/mol. The summed E-state index contributed by atoms with van der Waals surface area (Å²) in [6.45, 7) is 7.27. The molecule has 0 aromatic heterocycles. The smallest absolute Gasteiger partial charge is 0.216 e. The van der Waals surface area contributed by atoms with Gasteiger partial charge in [-0.25, -0.2) is 12.7 Å². The Kier molecular flexibility index (Phi) is 6.57. The molecule has 19 heavy (non-hydrogen) atoms. The van der Waals surface area contributed by atoms with E-state index in [2.05, 4.69) is 5.32 Å². The van der Waals surface area contributed by atoms with Crippen molar-refractivity contribution >= 4 is 22.4 Å². The molecule has 2 heterocycles. The summed E-state index contributed by atoms with van der Waals surface area (Å²) in [5.74, 6) is 1.56. The van der Waals surface area contributed by atoms with Crippen molar-refractivity contribution in [3.8, 4) is 0 Å². The predicted molar refractivity (Wildman–Crippen MR) is 81.2 cm³/mol. The molecule has 2 aliphatic heterocycles. The second-order valence-electron chi connectivity index (χ2n) is 5.92. The van der Waals surface area contributed by atoms with Gasteiger partial charge in [0.15, 0.2) is 0 Å². The van der Waals surface area contributed by atoms with Gasteiger partial charge < -0.3 is 5.32 Å². The summed E-state index contributed by atoms with van der Waals surface area (Å²) in [7, 11) is -3.03. The third-order valence-electron chi connectivity index (χ3n) is 4.50. The van der Waals surface area contributed by atoms with Crippen LogP contribution in [0.3, 0.4) is 0 Å². The van der Waals surface area contributed by atoms with Gasteiger partial charge in [-0.05, 0) is 64.5 Å². The Bertz CT molecular complexity index is 359. The molecule has 0 aliphatic carbocycles. The molecule has 0 radical (unpaired) electrons. The third-order valence-corrected chi connectivity index (χ3v) is 6.78. The van der Waals surface area contributed by atoms with Crippen LogP contribution in [0.5, 0.6) is 0 Å². The Hall–Kier alpha value is 0.160. The van der Waals surface area contributed by atoms with Crippen molar-refractivity contribution in [1.29, 1.82) is 0 Å². The molecule has 1 N–H and O–H groups in total. The maximum atomic E-state index is 12.1. The van der Waals surface area contributed by atoms with E-state index in [4.69, 9.17) is 0 Å². The number of piperidine rings is 2. The molecule has 2 saturated heterocycles. The van der Waals surface area contributed by atoms with E-state index in [0.717, 1.165) is 50.9 Å². The number of hydrogen-bond acceptors (Lipinski definition) is 3. The fourth-order valence-corrected chi connectivity index (χ4v) is 4.53. The molecule has 2 aliphatic rings. The van der Waals surface area contributed by atoms with E-state index in [0.29, 0.717) is 0 Å². The van der Waals surface area contributed by atoms with Crippen molar-refractivity contribution in [3.63, 3.8) is 0 Å². The van der Waals surface area contributed by atoms with Gasteiger partial charge in [0.25, 0.3) is 0 Å². The van der Waals surface area contributed by atoms with E-state index >= 15 is 0 Å². The molecule has 0 unspecified atom stereocenters. The maximum absolute atomic E-state index is 12.1. The van der Waals surface area contributed by atoms with Crippen LogP contribution in [0.25, 0.3) is 0 Å². The summed E-state index contributed by atoms with van der Waals surface area (Å²) in [6, 6.07) is 0. The SMILES string of the molecule is CC(C)S(=O)(=O)N1CCC(C2CCNCC2)CC1.Cl. The van der Waals surface area contributed by atoms with E-state index in [1.807, 2.05) is 0 Å². The van der Waals surface area contributed by atoms with Crippen LogP contribution in [0.4, 0.5) is 0 Å². The fraction of sp³-hybridized carbons (Fsp3) is 1.00. The third kappa shape index (κ3) is 4.06. The van der Waals surface area contributed by atoms with Crippen LogP contribution >= 0.6 is 12.4 Å². The van der Waals surface area contributed by atoms with Gasteiger partial charge in [0.05, 0.1) is 5.25 Å². The van der Waals surface area contributed by atoms with Crippen LogP contribution in [0.15, 0.2) is 0 Å². The zero-order valence-electron chi connectivity index (χ0n) is 12.0. The van der Waals surface area contributed by atoms with Crippen molar-refractivity contribution in [2.24, 2.45) is 11.8 Å². The number of rotatable bonds is 3. The van der Waals surface area contributed by atoms with Gasteiger partial charge in [-0.2, -0.15) is 0 Å². The molecule has 0 bridgehead atoms. The number of nitrogens with zero attached hydrogens (tertiary/aromatic N) is 1. The molecule has 0 spiro atoms. The highest BCUT2D eigenvalue weighted by Gasteiger charge is 2.33. The Morgan fingerprint density at radius 3 is 1.95 bits per heavy atom. The number of halogens is 1. The lowest BCUT2D eigenvalue weighted by Gasteiger charge is -2.37. The molecule has 0 atom stereocenters. The van der Waals surface area contributed by atoms with Gasteiger partial charge in [-0.3, -0.25) is 0 Å². The quantitative estimate of drug-likeness (QED) is 0.865. The predicted octanol–water partition coefficient (Wildman–Crippen LogP) is 1.86. The topological polar surface area (TPSA) is 49.4 Å². The van der Waals surface area contributed by atoms with Gasteiger partial charge in [-0.15, -0.1) is 12.4 Å². The zero-order valence-corrected chi connectivity index (χ0v) is 13.6. The van der Waals surface area contributed by atoms with Crippen molar-refractivity contribution in [3.05, 3.63) is 0 Å². The van der Waals surface area contributed by atoms with E-state index in [-0.39, 0.29) is 17.7 Å². The molecular formula is C13H27ClN2O2S. The highest BCUT2D eigenvalue weighted by atomic mass is 35.5. The molecule has 114 valence electrons. The standard InChI is InChI=1S/C13H26N2O2S.ClH/c1-11(2)18(16,17)15-9-5-13(6-10-15)12-3-7-14-8-4-12;/h11-14H,3-10H2,1-2H3;1H. The van der Waals surface area contributed by atoms with E-state index in [1.165, 1.54) is 12.8 Å². The monoisotopic (exact) mass is 310 g/mol. The fourth-order valence-electron chi connectivity index (χ4n) is 3.22. The molecule has 2 rings (SSSR count). The maximum Gasteiger partial charge on any atom is 0.216 e. The lowest BCUT2D eigenvalue weighted by Crippen LogP contribution is -2.44. The Labute approximate surface area is 123 Å². The Morgan fingerprint density at radius 1 is 1.00 bits per heavy atom. The molecule has 0 saturated carbocycles. The van der Waals surface area contributed by atoms with Crippen LogP contribution < -0.4 is 5.32 Å². The normalized spacial score (nSPS) is 24.4. The minimum atomic E-state index is -3.03. The number of nitrogens with one attached hydrogen (secondary N) is 1. The molecule has 0 aromatic carbocycles. The van der Waals surface area contributed by atoms with Crippen molar-refractivity contribution in [2.45, 2.75) is 44.8 Å². The summed E-state index contributed by atoms with van der Waals surface area (Å²) in [5, 5.41) is 3.11. The van der Waals surface area contributed by atoms with E-state index in [1.54, 1.807) is 18.2 Å². The summed E-state index contributed by atoms with van der Waals surface area (Å²) >= 11 is 0. The molecule has 0 aromatic rings. The van der Waals surface area contributed by atoms with Crippen molar-refractivity contribution < 1.29 is 8.42 Å². The summed E-state index contributed by atoms with van der Waals surface area (Å²) in [4.78, 5) is 0. The van der Waals surface area contributed by atoms with E-state index in [9.17, 15) is 8.42 Å². The van der Waals surface area contributed by atoms with Gasteiger partial charge >= 0.3 is 0 Å². The van der Waals surface area contributed by atoms with Gasteiger partial charge in [-0.1, -0.05) is 0 Å². The van der Waals surface area contributed by atoms with Crippen LogP contribution in [-0.2, 0) is 10.0 Å². The minimum absolute atomic E-state index is 0. The largest absolute Gasteiger partial charge is 0.317 e. The summed E-state index contributed by atoms with van der Waals surface area (Å²) < 4.78 is 25.9. The van der Waals surface area contributed by atoms with Gasteiger partial charge in [0.2, 0.25) is 10.0 Å². The first-order valence-electron chi connectivity index (χ1n) is 7.21. The molecule has 4 nitrogen and oxygen atoms in total. The van der Waals surface area contributed by atoms with Crippen molar-refractivity contribution in [1.82, 2.24) is 9.62 Å². The summed E-state index contributed by atoms with van der Waals surface area (Å²) in [6.07, 6.45) is 4.64. The molecule has 2 fully saturated rings. The van der Waals surface area contributed by atoms with Crippen molar-refractivity contribution in [2.75, 3.05) is 26.2 Å². The number of hydrogen-bond donors (Lipinski definition) is 1. The van der Waals surface area contributed by atoms with Gasteiger partial charge in [0.1, 0.15) is 0 Å². The first-order valence-corrected chi connectivity index (χ1v) is 8.72. The van der Waals surface area contributed by atoms with Gasteiger partial charge in [0, 0.05) is 13.1 Å². The van der Waals surface area contributed by atoms with Crippen LogP contribution in [0, 0.1) is 11.8 Å². The Balaban J connectivity index is 0.00000180. The minimum Gasteiger partial charge on any atom is -0.317 e. The summed E-state index contributed by atoms with van der Waals surface area (Å²) in [5.41, 5.74) is 0.